The zero-order valence-corrected chi connectivity index (χ0v) is 18.6. The van der Waals surface area contributed by atoms with E-state index < -0.39 is 0 Å². The van der Waals surface area contributed by atoms with E-state index in [1.54, 1.807) is 6.20 Å². The number of nitriles is 1. The number of benzene rings is 3. The number of nitrogens with zero attached hydrogens (tertiary/aromatic N) is 3. The molecule has 0 atom stereocenters. The van der Waals surface area contributed by atoms with E-state index in [4.69, 9.17) is 0 Å². The molecule has 0 saturated carbocycles. The van der Waals surface area contributed by atoms with Crippen LogP contribution in [0, 0.1) is 11.3 Å². The third-order valence-electron chi connectivity index (χ3n) is 5.92. The predicted molar refractivity (Wildman–Crippen MR) is 130 cm³/mol. The molecule has 33 heavy (non-hydrogen) atoms. The number of hydrogen-bond donors (Lipinski definition) is 1. The van der Waals surface area contributed by atoms with Crippen molar-refractivity contribution in [3.05, 3.63) is 119 Å². The molecular weight excluding hydrogens is 408 g/mol. The minimum atomic E-state index is -0.338. The third kappa shape index (κ3) is 5.88. The van der Waals surface area contributed by atoms with E-state index in [2.05, 4.69) is 69.7 Å². The van der Waals surface area contributed by atoms with Crippen molar-refractivity contribution < 1.29 is 4.79 Å². The lowest BCUT2D eigenvalue weighted by atomic mass is 9.96. The second-order valence-corrected chi connectivity index (χ2v) is 8.12. The second-order valence-electron chi connectivity index (χ2n) is 8.12. The number of nitrogens with one attached hydrogen (secondary N) is 1. The van der Waals surface area contributed by atoms with Gasteiger partial charge in [0.05, 0.1) is 6.04 Å². The molecule has 166 valence electrons. The van der Waals surface area contributed by atoms with E-state index in [9.17, 15) is 10.1 Å². The van der Waals surface area contributed by atoms with Gasteiger partial charge in [0.25, 0.3) is 5.91 Å². The van der Waals surface area contributed by atoms with Crippen LogP contribution in [0.3, 0.4) is 0 Å². The minimum absolute atomic E-state index is 0.141. The summed E-state index contributed by atoms with van der Waals surface area (Å²) in [5.74, 6) is -0.338. The fraction of sp³-hybridized carbons (Fsp3) is 0.214. The molecule has 1 aliphatic heterocycles. The number of carbonyl (C=O) groups excluding carboxylic acids is 1. The van der Waals surface area contributed by atoms with Crippen LogP contribution >= 0.6 is 0 Å². The summed E-state index contributed by atoms with van der Waals surface area (Å²) >= 11 is 0. The molecule has 1 fully saturated rings. The molecular formula is C28H28N4O. The molecule has 0 radical (unpaired) electrons. The molecule has 1 N–H and O–H groups in total. The van der Waals surface area contributed by atoms with Gasteiger partial charge in [0, 0.05) is 38.9 Å². The van der Waals surface area contributed by atoms with Crippen molar-refractivity contribution in [1.82, 2.24) is 15.1 Å². The van der Waals surface area contributed by atoms with Crippen LogP contribution < -0.4 is 5.32 Å². The lowest BCUT2D eigenvalue weighted by Gasteiger charge is -2.39. The summed E-state index contributed by atoms with van der Waals surface area (Å²) in [7, 11) is 0. The van der Waals surface area contributed by atoms with Crippen LogP contribution in [0.2, 0.25) is 0 Å². The number of amides is 1. The van der Waals surface area contributed by atoms with Crippen molar-refractivity contribution in [2.24, 2.45) is 0 Å². The van der Waals surface area contributed by atoms with E-state index in [1.165, 1.54) is 11.1 Å². The van der Waals surface area contributed by atoms with Crippen molar-refractivity contribution in [1.29, 1.82) is 5.26 Å². The van der Waals surface area contributed by atoms with E-state index in [0.29, 0.717) is 6.54 Å². The Bertz CT molecular complexity index is 1060. The molecule has 1 saturated heterocycles. The summed E-state index contributed by atoms with van der Waals surface area (Å²) in [6.45, 7) is 3.60. The van der Waals surface area contributed by atoms with Gasteiger partial charge in [-0.25, -0.2) is 0 Å². The second kappa shape index (κ2) is 11.1. The molecule has 0 spiro atoms. The van der Waals surface area contributed by atoms with Gasteiger partial charge in [0.15, 0.2) is 0 Å². The van der Waals surface area contributed by atoms with Gasteiger partial charge in [-0.15, -0.1) is 0 Å². The Kier molecular flexibility index (Phi) is 7.52. The topological polar surface area (TPSA) is 59.4 Å². The zero-order chi connectivity index (χ0) is 22.9. The molecule has 0 bridgehead atoms. The van der Waals surface area contributed by atoms with Crippen LogP contribution in [0.5, 0.6) is 0 Å². The van der Waals surface area contributed by atoms with Crippen LogP contribution in [0.15, 0.2) is 103 Å². The lowest BCUT2D eigenvalue weighted by molar-refractivity contribution is -0.117. The lowest BCUT2D eigenvalue weighted by Crippen LogP contribution is -2.46. The molecule has 0 aromatic heterocycles. The molecule has 5 nitrogen and oxygen atoms in total. The number of hydrogen-bond acceptors (Lipinski definition) is 4. The molecule has 0 aliphatic carbocycles. The Balaban J connectivity index is 1.40. The number of rotatable bonds is 7. The van der Waals surface area contributed by atoms with Crippen LogP contribution in [0.1, 0.15) is 22.7 Å². The molecule has 3 aromatic rings. The number of piperazine rings is 1. The first kappa shape index (κ1) is 22.3. The average Bonchev–Trinajstić information content (AvgIpc) is 2.89. The summed E-state index contributed by atoms with van der Waals surface area (Å²) < 4.78 is 0. The van der Waals surface area contributed by atoms with Crippen molar-refractivity contribution in [3.8, 4) is 6.07 Å². The summed E-state index contributed by atoms with van der Waals surface area (Å²) in [5.41, 5.74) is 3.68. The minimum Gasteiger partial charge on any atom is -0.374 e. The largest absolute Gasteiger partial charge is 0.374 e. The standard InChI is InChI=1S/C28H28N4O/c29-20-26(28(33)30-21-23-10-4-1-5-11-23)22-31-16-18-32(19-17-31)27(24-12-6-2-7-13-24)25-14-8-3-9-15-25/h1-15,22,27H,16-19,21H2,(H,30,33)/b26-22-. The first-order chi connectivity index (χ1) is 16.2. The Labute approximate surface area is 195 Å². The fourth-order valence-corrected chi connectivity index (χ4v) is 4.20. The highest BCUT2D eigenvalue weighted by Gasteiger charge is 2.26. The summed E-state index contributed by atoms with van der Waals surface area (Å²) in [4.78, 5) is 17.1. The van der Waals surface area contributed by atoms with Gasteiger partial charge in [-0.2, -0.15) is 5.26 Å². The molecule has 1 heterocycles. The van der Waals surface area contributed by atoms with Gasteiger partial charge >= 0.3 is 0 Å². The molecule has 0 unspecified atom stereocenters. The molecule has 5 heteroatoms. The smallest absolute Gasteiger partial charge is 0.263 e. The Morgan fingerprint density at radius 1 is 0.848 bits per heavy atom. The van der Waals surface area contributed by atoms with Gasteiger partial charge in [-0.3, -0.25) is 9.69 Å². The highest BCUT2D eigenvalue weighted by molar-refractivity contribution is 5.97. The highest BCUT2D eigenvalue weighted by atomic mass is 16.1. The molecule has 1 aliphatic rings. The highest BCUT2D eigenvalue weighted by Crippen LogP contribution is 2.29. The van der Waals surface area contributed by atoms with Crippen molar-refractivity contribution >= 4 is 5.91 Å². The maximum atomic E-state index is 12.5. The van der Waals surface area contributed by atoms with Crippen LogP contribution in [0.4, 0.5) is 0 Å². The molecule has 3 aromatic carbocycles. The van der Waals surface area contributed by atoms with Gasteiger partial charge in [0.2, 0.25) is 0 Å². The maximum absolute atomic E-state index is 12.5. The SMILES string of the molecule is N#C/C(=C/N1CCN(C(c2ccccc2)c2ccccc2)CC1)C(=O)NCc1ccccc1. The van der Waals surface area contributed by atoms with E-state index in [1.807, 2.05) is 42.5 Å². The first-order valence-corrected chi connectivity index (χ1v) is 11.3. The fourth-order valence-electron chi connectivity index (χ4n) is 4.20. The average molecular weight is 437 g/mol. The van der Waals surface area contributed by atoms with E-state index in [-0.39, 0.29) is 17.5 Å². The van der Waals surface area contributed by atoms with Crippen molar-refractivity contribution in [2.75, 3.05) is 26.2 Å². The normalized spacial score (nSPS) is 14.7. The monoisotopic (exact) mass is 436 g/mol. The van der Waals surface area contributed by atoms with E-state index in [0.717, 1.165) is 31.7 Å². The van der Waals surface area contributed by atoms with Gasteiger partial charge in [-0.1, -0.05) is 91.0 Å². The van der Waals surface area contributed by atoms with Crippen LogP contribution in [-0.2, 0) is 11.3 Å². The summed E-state index contributed by atoms with van der Waals surface area (Å²) in [5, 5.41) is 12.4. The third-order valence-corrected chi connectivity index (χ3v) is 5.92. The summed E-state index contributed by atoms with van der Waals surface area (Å²) in [6, 6.07) is 33.1. The van der Waals surface area contributed by atoms with Gasteiger partial charge in [-0.05, 0) is 16.7 Å². The van der Waals surface area contributed by atoms with Crippen molar-refractivity contribution in [3.63, 3.8) is 0 Å². The van der Waals surface area contributed by atoms with Gasteiger partial charge < -0.3 is 10.2 Å². The molecule has 1 amide bonds. The Morgan fingerprint density at radius 3 is 1.88 bits per heavy atom. The Morgan fingerprint density at radius 2 is 1.36 bits per heavy atom. The van der Waals surface area contributed by atoms with Crippen molar-refractivity contribution in [2.45, 2.75) is 12.6 Å². The zero-order valence-electron chi connectivity index (χ0n) is 18.6. The summed E-state index contributed by atoms with van der Waals surface area (Å²) in [6.07, 6.45) is 1.71. The van der Waals surface area contributed by atoms with Crippen LogP contribution in [-0.4, -0.2) is 41.9 Å². The van der Waals surface area contributed by atoms with E-state index >= 15 is 0 Å². The Hall–Kier alpha value is -3.88. The first-order valence-electron chi connectivity index (χ1n) is 11.3. The predicted octanol–water partition coefficient (Wildman–Crippen LogP) is 4.12. The van der Waals surface area contributed by atoms with Gasteiger partial charge in [0.1, 0.15) is 11.6 Å². The maximum Gasteiger partial charge on any atom is 0.263 e. The molecule has 4 rings (SSSR count). The van der Waals surface area contributed by atoms with Crippen LogP contribution in [0.25, 0.3) is 0 Å². The number of carbonyl (C=O) groups is 1. The quantitative estimate of drug-likeness (QED) is 0.447.